The minimum Gasteiger partial charge on any atom is -0.480 e. The first-order valence-corrected chi connectivity index (χ1v) is 29.2. The van der Waals surface area contributed by atoms with Gasteiger partial charge in [0.15, 0.2) is 0 Å². The van der Waals surface area contributed by atoms with Gasteiger partial charge in [-0.25, -0.2) is 4.57 Å². The lowest BCUT2D eigenvalue weighted by Crippen LogP contribution is -2.34. The average Bonchev–Trinajstić information content (AvgIpc) is 3.31. The van der Waals surface area contributed by atoms with E-state index in [1.165, 1.54) is 173 Å². The van der Waals surface area contributed by atoms with Crippen LogP contribution in [0.1, 0.15) is 258 Å². The van der Waals surface area contributed by atoms with Gasteiger partial charge in [-0.3, -0.25) is 18.6 Å². The standard InChI is InChI=1S/C56H104NO9P/c1-3-5-7-9-11-13-15-17-19-21-23-25-27-28-30-32-34-36-38-40-42-44-46-48-55(58)66-53(51-64-67(61,62)65-52-54(57)56(59)60)50-63-49-47-45-43-41-39-37-35-33-31-29-26-24-22-20-18-16-14-12-10-8-6-4-2/h16,18,21-24,29,31,53-54H,3-15,17,19-20,25-28,30,32-52,57H2,1-2H3,(H,59,60)(H,61,62)/b18-16-,23-21-,24-22-,31-29-. The number of nitrogens with two attached hydrogens (primary N) is 1. The Bertz CT molecular complexity index is 1250. The Morgan fingerprint density at radius 3 is 1.24 bits per heavy atom. The number of carbonyl (C=O) groups is 2. The second-order valence-electron chi connectivity index (χ2n) is 18.7. The molecule has 0 heterocycles. The fourth-order valence-electron chi connectivity index (χ4n) is 7.78. The zero-order valence-corrected chi connectivity index (χ0v) is 44.1. The molecule has 0 saturated heterocycles. The number of esters is 1. The van der Waals surface area contributed by atoms with Gasteiger partial charge in [-0.05, 0) is 77.0 Å². The Labute approximate surface area is 411 Å². The SMILES string of the molecule is CCCCCCC/C=C\C/C=C\C/C=C\CCCCCCCCCOCC(COP(=O)(O)OCC(N)C(=O)O)OC(=O)CCCCCCCCCCCCC/C=C\CCCCCCCCCC. The third-order valence-corrected chi connectivity index (χ3v) is 13.0. The molecule has 4 N–H and O–H groups in total. The lowest BCUT2D eigenvalue weighted by atomic mass is 10.0. The summed E-state index contributed by atoms with van der Waals surface area (Å²) in [6.07, 6.45) is 63.1. The summed E-state index contributed by atoms with van der Waals surface area (Å²) >= 11 is 0. The fraction of sp³-hybridized carbons (Fsp3) is 0.821. The maximum atomic E-state index is 12.7. The monoisotopic (exact) mass is 966 g/mol. The Morgan fingerprint density at radius 1 is 0.478 bits per heavy atom. The zero-order chi connectivity index (χ0) is 49.0. The molecule has 0 spiro atoms. The maximum absolute atomic E-state index is 12.7. The number of hydrogen-bond donors (Lipinski definition) is 3. The summed E-state index contributed by atoms with van der Waals surface area (Å²) in [6, 6.07) is -1.48. The van der Waals surface area contributed by atoms with Crippen molar-refractivity contribution in [1.29, 1.82) is 0 Å². The number of aliphatic carboxylic acids is 1. The van der Waals surface area contributed by atoms with Gasteiger partial charge in [0.05, 0.1) is 19.8 Å². The molecular weight excluding hydrogens is 862 g/mol. The van der Waals surface area contributed by atoms with Crippen LogP contribution in [0.25, 0.3) is 0 Å². The lowest BCUT2D eigenvalue weighted by molar-refractivity contribution is -0.154. The van der Waals surface area contributed by atoms with Gasteiger partial charge < -0.3 is 25.2 Å². The molecule has 0 aromatic rings. The maximum Gasteiger partial charge on any atom is 0.472 e. The quantitative estimate of drug-likeness (QED) is 0.0232. The molecule has 392 valence electrons. The van der Waals surface area contributed by atoms with Gasteiger partial charge in [-0.2, -0.15) is 0 Å². The van der Waals surface area contributed by atoms with E-state index in [1.54, 1.807) is 0 Å². The van der Waals surface area contributed by atoms with Gasteiger partial charge in [0, 0.05) is 13.0 Å². The highest BCUT2D eigenvalue weighted by atomic mass is 31.2. The van der Waals surface area contributed by atoms with E-state index in [4.69, 9.17) is 29.4 Å². The largest absolute Gasteiger partial charge is 0.480 e. The van der Waals surface area contributed by atoms with Crippen molar-refractivity contribution in [3.05, 3.63) is 48.6 Å². The molecule has 0 aliphatic carbocycles. The van der Waals surface area contributed by atoms with Crippen molar-refractivity contribution in [2.24, 2.45) is 5.73 Å². The summed E-state index contributed by atoms with van der Waals surface area (Å²) in [4.78, 5) is 33.8. The molecule has 11 heteroatoms. The minimum absolute atomic E-state index is 0.0104. The van der Waals surface area contributed by atoms with E-state index < -0.39 is 45.1 Å². The van der Waals surface area contributed by atoms with Gasteiger partial charge in [-0.15, -0.1) is 0 Å². The van der Waals surface area contributed by atoms with E-state index in [0.717, 1.165) is 57.8 Å². The topological polar surface area (TPSA) is 155 Å². The summed E-state index contributed by atoms with van der Waals surface area (Å²) in [5.41, 5.74) is 5.38. The first kappa shape index (κ1) is 64.9. The van der Waals surface area contributed by atoms with E-state index in [1.807, 2.05) is 0 Å². The highest BCUT2D eigenvalue weighted by Crippen LogP contribution is 2.43. The number of carboxylic acids is 1. The van der Waals surface area contributed by atoms with Crippen molar-refractivity contribution in [2.45, 2.75) is 270 Å². The van der Waals surface area contributed by atoms with Crippen LogP contribution in [0, 0.1) is 0 Å². The summed E-state index contributed by atoms with van der Waals surface area (Å²) in [5, 5.41) is 8.94. The molecule has 3 unspecified atom stereocenters. The van der Waals surface area contributed by atoms with Crippen LogP contribution in [-0.4, -0.2) is 60.5 Å². The van der Waals surface area contributed by atoms with E-state index in [2.05, 4.69) is 62.5 Å². The molecule has 0 radical (unpaired) electrons. The third-order valence-electron chi connectivity index (χ3n) is 12.1. The predicted octanol–water partition coefficient (Wildman–Crippen LogP) is 16.5. The van der Waals surface area contributed by atoms with Gasteiger partial charge in [-0.1, -0.05) is 223 Å². The fourth-order valence-corrected chi connectivity index (χ4v) is 8.56. The second kappa shape index (κ2) is 51.8. The zero-order valence-electron chi connectivity index (χ0n) is 43.2. The average molecular weight is 966 g/mol. The number of carbonyl (C=O) groups excluding carboxylic acids is 1. The summed E-state index contributed by atoms with van der Waals surface area (Å²) in [5.74, 6) is -1.78. The lowest BCUT2D eigenvalue weighted by Gasteiger charge is -2.20. The summed E-state index contributed by atoms with van der Waals surface area (Å²) in [6.45, 7) is 3.88. The molecule has 0 amide bonds. The van der Waals surface area contributed by atoms with Crippen molar-refractivity contribution >= 4 is 19.8 Å². The van der Waals surface area contributed by atoms with Crippen LogP contribution in [-0.2, 0) is 32.7 Å². The van der Waals surface area contributed by atoms with Crippen LogP contribution < -0.4 is 5.73 Å². The van der Waals surface area contributed by atoms with Crippen molar-refractivity contribution in [2.75, 3.05) is 26.4 Å². The molecule has 10 nitrogen and oxygen atoms in total. The van der Waals surface area contributed by atoms with Crippen molar-refractivity contribution in [3.8, 4) is 0 Å². The molecule has 0 saturated carbocycles. The Morgan fingerprint density at radius 2 is 0.821 bits per heavy atom. The normalized spacial score (nSPS) is 14.0. The van der Waals surface area contributed by atoms with E-state index >= 15 is 0 Å². The number of ether oxygens (including phenoxy) is 2. The number of unbranched alkanes of at least 4 members (excludes halogenated alkanes) is 31. The Kier molecular flexibility index (Phi) is 50.2. The van der Waals surface area contributed by atoms with E-state index in [0.29, 0.717) is 13.0 Å². The minimum atomic E-state index is -4.63. The van der Waals surface area contributed by atoms with Gasteiger partial charge >= 0.3 is 19.8 Å². The number of allylic oxidation sites excluding steroid dienone is 8. The highest BCUT2D eigenvalue weighted by Gasteiger charge is 2.27. The van der Waals surface area contributed by atoms with Crippen LogP contribution in [0.3, 0.4) is 0 Å². The summed E-state index contributed by atoms with van der Waals surface area (Å²) in [7, 11) is -4.63. The molecule has 0 rings (SSSR count). The van der Waals surface area contributed by atoms with Gasteiger partial charge in [0.25, 0.3) is 0 Å². The molecular formula is C56H104NO9P. The molecule has 67 heavy (non-hydrogen) atoms. The van der Waals surface area contributed by atoms with Crippen molar-refractivity contribution in [3.63, 3.8) is 0 Å². The second-order valence-corrected chi connectivity index (χ2v) is 20.2. The Balaban J connectivity index is 4.12. The third kappa shape index (κ3) is 51.6. The number of hydrogen-bond acceptors (Lipinski definition) is 8. The van der Waals surface area contributed by atoms with Crippen LogP contribution in [0.4, 0.5) is 0 Å². The first-order valence-electron chi connectivity index (χ1n) is 27.7. The van der Waals surface area contributed by atoms with Gasteiger partial charge in [0.1, 0.15) is 12.1 Å². The molecule has 0 aromatic heterocycles. The molecule has 0 fully saturated rings. The predicted molar refractivity (Wildman–Crippen MR) is 281 cm³/mol. The van der Waals surface area contributed by atoms with Crippen LogP contribution >= 0.6 is 7.82 Å². The number of phosphoric acid groups is 1. The van der Waals surface area contributed by atoms with E-state index in [-0.39, 0.29) is 13.0 Å². The summed E-state index contributed by atoms with van der Waals surface area (Å²) < 4.78 is 33.6. The van der Waals surface area contributed by atoms with Crippen molar-refractivity contribution < 1.29 is 42.7 Å². The number of rotatable bonds is 53. The molecule has 0 aliphatic heterocycles. The number of carboxylic acid groups (broad SMARTS) is 1. The molecule has 0 bridgehead atoms. The van der Waals surface area contributed by atoms with Crippen molar-refractivity contribution in [1.82, 2.24) is 0 Å². The van der Waals surface area contributed by atoms with E-state index in [9.17, 15) is 19.0 Å². The smallest absolute Gasteiger partial charge is 0.472 e. The van der Waals surface area contributed by atoms with Crippen LogP contribution in [0.2, 0.25) is 0 Å². The molecule has 0 aliphatic rings. The highest BCUT2D eigenvalue weighted by molar-refractivity contribution is 7.47. The number of phosphoric ester groups is 1. The van der Waals surface area contributed by atoms with Crippen LogP contribution in [0.15, 0.2) is 48.6 Å². The first-order chi connectivity index (χ1) is 32.7. The molecule has 0 aromatic carbocycles. The van der Waals surface area contributed by atoms with Gasteiger partial charge in [0.2, 0.25) is 0 Å². The van der Waals surface area contributed by atoms with Crippen LogP contribution in [0.5, 0.6) is 0 Å². The Hall–Kier alpha value is -2.07. The molecule has 3 atom stereocenters.